The molecule has 2 aromatic carbocycles. The molecule has 2 aromatic rings. The molecule has 37 heavy (non-hydrogen) atoms. The smallest absolute Gasteiger partial charge is 0.244 e. The van der Waals surface area contributed by atoms with E-state index < -0.39 is 27.4 Å². The van der Waals surface area contributed by atoms with Gasteiger partial charge >= 0.3 is 0 Å². The number of fused-ring (bicyclic) bond motifs is 1. The van der Waals surface area contributed by atoms with Gasteiger partial charge in [-0.05, 0) is 43.7 Å². The molecular weight excluding hydrogens is 486 g/mol. The second kappa shape index (κ2) is 10.5. The van der Waals surface area contributed by atoms with E-state index in [-0.39, 0.29) is 24.3 Å². The maximum absolute atomic E-state index is 14.0. The number of rotatable bonds is 10. The van der Waals surface area contributed by atoms with E-state index in [9.17, 15) is 19.5 Å². The monoisotopic (exact) mass is 521 g/mol. The van der Waals surface area contributed by atoms with Crippen LogP contribution >= 0.6 is 11.8 Å². The number of thioether (sulfide) groups is 1. The minimum atomic E-state index is -0.633. The summed E-state index contributed by atoms with van der Waals surface area (Å²) in [7, 11) is 0. The van der Waals surface area contributed by atoms with Crippen molar-refractivity contribution in [2.45, 2.75) is 61.2 Å². The first-order valence-electron chi connectivity index (χ1n) is 13.1. The van der Waals surface area contributed by atoms with Crippen LogP contribution < -0.4 is 10.6 Å². The van der Waals surface area contributed by atoms with Crippen LogP contribution in [0.5, 0.6) is 0 Å². The average molecular weight is 522 g/mol. The maximum Gasteiger partial charge on any atom is 0.244 e. The van der Waals surface area contributed by atoms with Gasteiger partial charge in [0.15, 0.2) is 0 Å². The fourth-order valence-electron chi connectivity index (χ4n) is 6.54. The number of likely N-dealkylation sites (tertiary alicyclic amines) is 1. The predicted molar refractivity (Wildman–Crippen MR) is 143 cm³/mol. The van der Waals surface area contributed by atoms with Gasteiger partial charge in [0.2, 0.25) is 17.7 Å². The molecule has 7 nitrogen and oxygen atoms in total. The third-order valence-corrected chi connectivity index (χ3v) is 10.2. The Bertz CT molecular complexity index is 1150. The highest BCUT2D eigenvalue weighted by atomic mass is 32.2. The number of carbonyl (C=O) groups is 3. The minimum absolute atomic E-state index is 0.0405. The number of hydrogen-bond donors (Lipinski definition) is 3. The van der Waals surface area contributed by atoms with Gasteiger partial charge in [0, 0.05) is 31.0 Å². The lowest BCUT2D eigenvalue weighted by molar-refractivity contribution is -0.140. The molecule has 0 aliphatic carbocycles. The van der Waals surface area contributed by atoms with Crippen molar-refractivity contribution in [3.05, 3.63) is 71.8 Å². The fraction of sp³-hybridized carbons (Fsp3) is 0.483. The van der Waals surface area contributed by atoms with Crippen LogP contribution in [0, 0.1) is 11.8 Å². The van der Waals surface area contributed by atoms with E-state index >= 15 is 0 Å². The number of nitrogens with one attached hydrogen (secondary N) is 2. The van der Waals surface area contributed by atoms with E-state index in [0.29, 0.717) is 32.5 Å². The lowest BCUT2D eigenvalue weighted by Gasteiger charge is -2.35. The Balaban J connectivity index is 1.40. The maximum atomic E-state index is 14.0. The lowest BCUT2D eigenvalue weighted by atomic mass is 9.66. The molecule has 3 fully saturated rings. The normalized spacial score (nSPS) is 29.8. The van der Waals surface area contributed by atoms with Crippen LogP contribution in [0.4, 0.5) is 0 Å². The molecular formula is C29H35N3O4S. The van der Waals surface area contributed by atoms with Crippen LogP contribution in [0.3, 0.4) is 0 Å². The van der Waals surface area contributed by atoms with Gasteiger partial charge in [-0.2, -0.15) is 0 Å². The van der Waals surface area contributed by atoms with Crippen LogP contribution in [0.15, 0.2) is 60.7 Å². The Morgan fingerprint density at radius 1 is 0.946 bits per heavy atom. The topological polar surface area (TPSA) is 98.7 Å². The summed E-state index contributed by atoms with van der Waals surface area (Å²) in [5, 5.41) is 15.5. The number of aliphatic hydroxyl groups excluding tert-OH is 1. The van der Waals surface area contributed by atoms with E-state index in [0.717, 1.165) is 24.0 Å². The zero-order valence-electron chi connectivity index (χ0n) is 21.2. The van der Waals surface area contributed by atoms with Gasteiger partial charge < -0.3 is 20.6 Å². The van der Waals surface area contributed by atoms with Crippen LogP contribution in [0.2, 0.25) is 0 Å². The van der Waals surface area contributed by atoms with E-state index in [1.165, 1.54) is 0 Å². The molecule has 196 valence electrons. The predicted octanol–water partition coefficient (Wildman–Crippen LogP) is 2.87. The molecule has 0 aromatic heterocycles. The summed E-state index contributed by atoms with van der Waals surface area (Å²) in [6.45, 7) is 3.32. The Kier molecular flexibility index (Phi) is 7.32. The van der Waals surface area contributed by atoms with Gasteiger partial charge in [-0.1, -0.05) is 60.7 Å². The molecule has 5 atom stereocenters. The minimum Gasteiger partial charge on any atom is -0.396 e. The molecule has 3 N–H and O–H groups in total. The van der Waals surface area contributed by atoms with Crippen molar-refractivity contribution in [3.8, 4) is 0 Å². The van der Waals surface area contributed by atoms with Gasteiger partial charge in [-0.25, -0.2) is 0 Å². The first kappa shape index (κ1) is 25.8. The van der Waals surface area contributed by atoms with Crippen LogP contribution in [-0.2, 0) is 27.5 Å². The number of nitrogens with zero attached hydrogens (tertiary/aromatic N) is 1. The van der Waals surface area contributed by atoms with E-state index in [2.05, 4.69) is 17.6 Å². The van der Waals surface area contributed by atoms with Crippen molar-refractivity contribution in [1.29, 1.82) is 0 Å². The summed E-state index contributed by atoms with van der Waals surface area (Å²) in [5.41, 5.74) is 2.00. The molecule has 3 heterocycles. The Morgan fingerprint density at radius 3 is 2.14 bits per heavy atom. The van der Waals surface area contributed by atoms with Crippen molar-refractivity contribution < 1.29 is 19.5 Å². The van der Waals surface area contributed by atoms with Crippen molar-refractivity contribution in [2.75, 3.05) is 13.2 Å². The number of unbranched alkanes of at least 4 members (excludes halogenated alkanes) is 1. The second-order valence-electron chi connectivity index (χ2n) is 10.6. The number of carbonyl (C=O) groups excluding carboxylic acids is 3. The molecule has 5 rings (SSSR count). The first-order valence-corrected chi connectivity index (χ1v) is 14.0. The summed E-state index contributed by atoms with van der Waals surface area (Å²) in [6.07, 6.45) is 2.69. The highest BCUT2D eigenvalue weighted by Gasteiger charge is 2.76. The quantitative estimate of drug-likeness (QED) is 0.418. The van der Waals surface area contributed by atoms with E-state index in [4.69, 9.17) is 0 Å². The Hall–Kier alpha value is -2.84. The summed E-state index contributed by atoms with van der Waals surface area (Å²) in [4.78, 5) is 43.1. The number of benzene rings is 2. The summed E-state index contributed by atoms with van der Waals surface area (Å²) in [5.74, 6) is -1.40. The fourth-order valence-corrected chi connectivity index (χ4v) is 8.89. The Labute approximate surface area is 222 Å². The zero-order valence-corrected chi connectivity index (χ0v) is 22.0. The number of hydrogen-bond acceptors (Lipinski definition) is 5. The van der Waals surface area contributed by atoms with Crippen LogP contribution in [0.25, 0.3) is 0 Å². The number of aliphatic hydroxyl groups is 1. The molecule has 0 radical (unpaired) electrons. The van der Waals surface area contributed by atoms with E-state index in [1.54, 1.807) is 16.7 Å². The van der Waals surface area contributed by atoms with Gasteiger partial charge in [-0.15, -0.1) is 11.8 Å². The van der Waals surface area contributed by atoms with Gasteiger partial charge in [0.25, 0.3) is 0 Å². The molecule has 2 unspecified atom stereocenters. The van der Waals surface area contributed by atoms with Gasteiger partial charge in [-0.3, -0.25) is 14.4 Å². The molecule has 0 saturated carbocycles. The van der Waals surface area contributed by atoms with Gasteiger partial charge in [0.1, 0.15) is 6.04 Å². The first-order chi connectivity index (χ1) is 17.9. The van der Waals surface area contributed by atoms with Crippen LogP contribution in [-0.4, -0.2) is 56.4 Å². The average Bonchev–Trinajstić information content (AvgIpc) is 3.48. The van der Waals surface area contributed by atoms with Crippen molar-refractivity contribution >= 4 is 29.5 Å². The molecule has 3 aliphatic rings. The summed E-state index contributed by atoms with van der Waals surface area (Å²) < 4.78 is -1.02. The van der Waals surface area contributed by atoms with Crippen molar-refractivity contribution in [3.63, 3.8) is 0 Å². The lowest BCUT2D eigenvalue weighted by Crippen LogP contribution is -2.53. The summed E-state index contributed by atoms with van der Waals surface area (Å²) >= 11 is 1.68. The van der Waals surface area contributed by atoms with E-state index in [1.807, 2.05) is 60.7 Å². The number of amides is 3. The highest BCUT2D eigenvalue weighted by molar-refractivity contribution is 8.02. The summed E-state index contributed by atoms with van der Waals surface area (Å²) in [6, 6.07) is 18.9. The molecule has 3 amide bonds. The molecule has 2 bridgehead atoms. The van der Waals surface area contributed by atoms with Gasteiger partial charge in [0.05, 0.1) is 16.6 Å². The molecule has 3 saturated heterocycles. The Morgan fingerprint density at radius 2 is 1.54 bits per heavy atom. The van der Waals surface area contributed by atoms with Crippen LogP contribution in [0.1, 0.15) is 43.7 Å². The third kappa shape index (κ3) is 4.66. The molecule has 3 aliphatic heterocycles. The highest BCUT2D eigenvalue weighted by Crippen LogP contribution is 2.71. The van der Waals surface area contributed by atoms with Crippen molar-refractivity contribution in [1.82, 2.24) is 15.5 Å². The standard InChI is InChI=1S/C29H35N3O4S/c1-28-14-15-29(37-28)23(22(28)25(34)30-18-20-10-4-2-5-11-20)27(36)32(16-8-9-17-33)24(29)26(35)31-19-21-12-6-3-7-13-21/h2-7,10-13,22-24,33H,8-9,14-19H2,1H3,(H,30,34)(H,31,35)/t22-,23-,24?,28+,29?/m0/s1. The largest absolute Gasteiger partial charge is 0.396 e. The van der Waals surface area contributed by atoms with Crippen molar-refractivity contribution in [2.24, 2.45) is 11.8 Å². The SMILES string of the molecule is C[C@]12CCC3(S1)C(C(=O)NCc1ccccc1)N(CCCCO)C(=O)[C@@H]3[C@H]2C(=O)NCc1ccccc1. The second-order valence-corrected chi connectivity index (χ2v) is 12.5. The zero-order chi connectivity index (χ0) is 26.0. The molecule has 1 spiro atoms. The molecule has 8 heteroatoms. The third-order valence-electron chi connectivity index (χ3n) is 8.23.